The third-order valence-corrected chi connectivity index (χ3v) is 5.18. The van der Waals surface area contributed by atoms with Crippen LogP contribution in [0.5, 0.6) is 0 Å². The molecule has 4 rings (SSSR count). The lowest BCUT2D eigenvalue weighted by Crippen LogP contribution is -2.32. The third kappa shape index (κ3) is 3.18. The highest BCUT2D eigenvalue weighted by Crippen LogP contribution is 2.32. The van der Waals surface area contributed by atoms with Crippen LogP contribution in [-0.2, 0) is 13.6 Å². The zero-order valence-corrected chi connectivity index (χ0v) is 15.4. The van der Waals surface area contributed by atoms with Crippen molar-refractivity contribution < 1.29 is 4.79 Å². The molecule has 26 heavy (non-hydrogen) atoms. The number of aromatic nitrogens is 4. The molecule has 1 aromatic carbocycles. The molecule has 0 aliphatic heterocycles. The van der Waals surface area contributed by atoms with Gasteiger partial charge in [0.05, 0.1) is 22.5 Å². The van der Waals surface area contributed by atoms with Crippen molar-refractivity contribution in [2.45, 2.75) is 6.54 Å². The van der Waals surface area contributed by atoms with Crippen LogP contribution < -0.4 is 4.90 Å². The zero-order valence-electron chi connectivity index (χ0n) is 13.8. The van der Waals surface area contributed by atoms with E-state index in [2.05, 4.69) is 15.1 Å². The number of anilines is 1. The number of rotatable bonds is 4. The van der Waals surface area contributed by atoms with Gasteiger partial charge in [-0.2, -0.15) is 5.10 Å². The Morgan fingerprint density at radius 1 is 1.23 bits per heavy atom. The second kappa shape index (κ2) is 6.86. The van der Waals surface area contributed by atoms with E-state index in [0.29, 0.717) is 22.4 Å². The molecule has 0 spiro atoms. The average Bonchev–Trinajstić information content (AvgIpc) is 3.25. The number of halogens is 1. The van der Waals surface area contributed by atoms with Gasteiger partial charge in [0.1, 0.15) is 5.69 Å². The Bertz CT molecular complexity index is 1080. The Labute approximate surface area is 158 Å². The van der Waals surface area contributed by atoms with E-state index in [-0.39, 0.29) is 5.91 Å². The van der Waals surface area contributed by atoms with Crippen LogP contribution in [0.25, 0.3) is 10.2 Å². The molecule has 0 fully saturated rings. The molecular weight excluding hydrogens is 370 g/mol. The molecule has 0 saturated heterocycles. The fraction of sp³-hybridized carbons (Fsp3) is 0.111. The first kappa shape index (κ1) is 16.7. The Morgan fingerprint density at radius 2 is 2.12 bits per heavy atom. The highest BCUT2D eigenvalue weighted by Gasteiger charge is 2.24. The summed E-state index contributed by atoms with van der Waals surface area (Å²) in [6, 6.07) is 12.8. The van der Waals surface area contributed by atoms with Crippen LogP contribution >= 0.6 is 22.9 Å². The number of benzene rings is 1. The Morgan fingerprint density at radius 3 is 2.85 bits per heavy atom. The topological polar surface area (TPSA) is 63.9 Å². The molecule has 130 valence electrons. The van der Waals surface area contributed by atoms with Gasteiger partial charge in [-0.25, -0.2) is 4.98 Å². The van der Waals surface area contributed by atoms with Crippen LogP contribution in [-0.4, -0.2) is 25.7 Å². The van der Waals surface area contributed by atoms with E-state index in [1.54, 1.807) is 41.2 Å². The van der Waals surface area contributed by atoms with Crippen molar-refractivity contribution in [2.75, 3.05) is 4.90 Å². The van der Waals surface area contributed by atoms with Gasteiger partial charge in [-0.3, -0.25) is 19.4 Å². The number of amides is 1. The van der Waals surface area contributed by atoms with Crippen molar-refractivity contribution in [3.8, 4) is 0 Å². The summed E-state index contributed by atoms with van der Waals surface area (Å²) >= 11 is 7.50. The summed E-state index contributed by atoms with van der Waals surface area (Å²) < 4.78 is 2.48. The molecule has 3 aromatic heterocycles. The number of fused-ring (bicyclic) bond motifs is 1. The molecule has 4 aromatic rings. The average molecular weight is 384 g/mol. The van der Waals surface area contributed by atoms with E-state index < -0.39 is 0 Å². The first-order valence-electron chi connectivity index (χ1n) is 7.88. The summed E-state index contributed by atoms with van der Waals surface area (Å²) in [5.74, 6) is -0.180. The largest absolute Gasteiger partial charge is 0.278 e. The maximum absolute atomic E-state index is 13.2. The first-order chi connectivity index (χ1) is 12.6. The Balaban J connectivity index is 1.78. The quantitative estimate of drug-likeness (QED) is 0.535. The SMILES string of the molecule is Cn1nccc1C(=O)N(Cc1ccccn1)c1nc2ccc(Cl)cc2s1. The van der Waals surface area contributed by atoms with Crippen LogP contribution in [0.1, 0.15) is 16.2 Å². The lowest BCUT2D eigenvalue weighted by molar-refractivity contribution is 0.0975. The number of aryl methyl sites for hydroxylation is 1. The second-order valence-electron chi connectivity index (χ2n) is 5.66. The van der Waals surface area contributed by atoms with Crippen molar-refractivity contribution in [3.05, 3.63) is 71.3 Å². The van der Waals surface area contributed by atoms with Crippen LogP contribution in [0.2, 0.25) is 5.02 Å². The number of carbonyl (C=O) groups excluding carboxylic acids is 1. The van der Waals surface area contributed by atoms with Gasteiger partial charge in [0.15, 0.2) is 5.13 Å². The van der Waals surface area contributed by atoms with E-state index in [1.165, 1.54) is 11.3 Å². The highest BCUT2D eigenvalue weighted by molar-refractivity contribution is 7.22. The highest BCUT2D eigenvalue weighted by atomic mass is 35.5. The summed E-state index contributed by atoms with van der Waals surface area (Å²) in [6.45, 7) is 0.318. The van der Waals surface area contributed by atoms with Gasteiger partial charge in [0.25, 0.3) is 5.91 Å². The van der Waals surface area contributed by atoms with E-state index in [4.69, 9.17) is 11.6 Å². The summed E-state index contributed by atoms with van der Waals surface area (Å²) in [5, 5.41) is 5.33. The molecule has 0 aliphatic carbocycles. The van der Waals surface area contributed by atoms with Gasteiger partial charge in [-0.1, -0.05) is 29.0 Å². The van der Waals surface area contributed by atoms with E-state index in [1.807, 2.05) is 30.3 Å². The van der Waals surface area contributed by atoms with Crippen LogP contribution in [0, 0.1) is 0 Å². The lowest BCUT2D eigenvalue weighted by Gasteiger charge is -2.19. The van der Waals surface area contributed by atoms with Crippen LogP contribution in [0.15, 0.2) is 54.9 Å². The molecule has 0 atom stereocenters. The number of nitrogens with zero attached hydrogens (tertiary/aromatic N) is 5. The van der Waals surface area contributed by atoms with Gasteiger partial charge in [-0.05, 0) is 36.4 Å². The zero-order chi connectivity index (χ0) is 18.1. The number of hydrogen-bond acceptors (Lipinski definition) is 5. The molecule has 0 bridgehead atoms. The first-order valence-corrected chi connectivity index (χ1v) is 9.07. The molecule has 0 saturated carbocycles. The number of pyridine rings is 1. The molecule has 0 aliphatic rings. The molecular formula is C18H14ClN5OS. The summed E-state index contributed by atoms with van der Waals surface area (Å²) in [6.07, 6.45) is 3.31. The third-order valence-electron chi connectivity index (χ3n) is 3.90. The Hall–Kier alpha value is -2.77. The monoisotopic (exact) mass is 383 g/mol. The van der Waals surface area contributed by atoms with Gasteiger partial charge < -0.3 is 0 Å². The van der Waals surface area contributed by atoms with Crippen molar-refractivity contribution >= 4 is 44.2 Å². The minimum Gasteiger partial charge on any atom is -0.277 e. The summed E-state index contributed by atoms with van der Waals surface area (Å²) in [5.41, 5.74) is 2.07. The van der Waals surface area contributed by atoms with Crippen molar-refractivity contribution in [3.63, 3.8) is 0 Å². The van der Waals surface area contributed by atoms with Gasteiger partial charge in [-0.15, -0.1) is 0 Å². The lowest BCUT2D eigenvalue weighted by atomic mass is 10.3. The van der Waals surface area contributed by atoms with E-state index in [0.717, 1.165) is 15.9 Å². The predicted molar refractivity (Wildman–Crippen MR) is 103 cm³/mol. The molecule has 0 radical (unpaired) electrons. The van der Waals surface area contributed by atoms with E-state index >= 15 is 0 Å². The van der Waals surface area contributed by atoms with E-state index in [9.17, 15) is 4.79 Å². The number of thiazole rings is 1. The fourth-order valence-electron chi connectivity index (χ4n) is 2.60. The van der Waals surface area contributed by atoms with Gasteiger partial charge >= 0.3 is 0 Å². The molecule has 0 unspecified atom stereocenters. The summed E-state index contributed by atoms with van der Waals surface area (Å²) in [7, 11) is 1.74. The molecule has 0 N–H and O–H groups in total. The fourth-order valence-corrected chi connectivity index (χ4v) is 3.84. The van der Waals surface area contributed by atoms with Crippen LogP contribution in [0.3, 0.4) is 0 Å². The minimum atomic E-state index is -0.180. The number of carbonyl (C=O) groups is 1. The summed E-state index contributed by atoms with van der Waals surface area (Å²) in [4.78, 5) is 23.7. The molecule has 1 amide bonds. The molecule has 6 nitrogen and oxygen atoms in total. The Kier molecular flexibility index (Phi) is 4.40. The molecule has 8 heteroatoms. The maximum Gasteiger partial charge on any atom is 0.278 e. The van der Waals surface area contributed by atoms with Gasteiger partial charge in [0, 0.05) is 24.5 Å². The van der Waals surface area contributed by atoms with Crippen molar-refractivity contribution in [2.24, 2.45) is 7.05 Å². The second-order valence-corrected chi connectivity index (χ2v) is 7.11. The maximum atomic E-state index is 13.2. The molecule has 3 heterocycles. The smallest absolute Gasteiger partial charge is 0.277 e. The normalized spacial score (nSPS) is 11.0. The van der Waals surface area contributed by atoms with Gasteiger partial charge in [0.2, 0.25) is 0 Å². The van der Waals surface area contributed by atoms with Crippen molar-refractivity contribution in [1.82, 2.24) is 19.7 Å². The van der Waals surface area contributed by atoms with Crippen molar-refractivity contribution in [1.29, 1.82) is 0 Å². The predicted octanol–water partition coefficient (Wildman–Crippen LogP) is 3.93. The minimum absolute atomic E-state index is 0.180. The number of hydrogen-bond donors (Lipinski definition) is 0. The van der Waals surface area contributed by atoms with Crippen LogP contribution in [0.4, 0.5) is 5.13 Å². The standard InChI is InChI=1S/C18H14ClN5OS/c1-23-15(7-9-21-23)17(25)24(11-13-4-2-3-8-20-13)18-22-14-6-5-12(19)10-16(14)26-18/h2-10H,11H2,1H3.